The smallest absolute Gasteiger partial charge is 0.321 e. The zero-order chi connectivity index (χ0) is 12.8. The number of amides is 2. The Morgan fingerprint density at radius 3 is 2.50 bits per heavy atom. The van der Waals surface area contributed by atoms with Crippen molar-refractivity contribution >= 4 is 11.9 Å². The van der Waals surface area contributed by atoms with E-state index in [1.807, 2.05) is 24.3 Å². The number of carbonyl (C=O) groups is 1. The van der Waals surface area contributed by atoms with Crippen molar-refractivity contribution < 1.29 is 14.3 Å². The molecule has 2 amide bonds. The first-order valence-corrected chi connectivity index (χ1v) is 5.55. The summed E-state index contributed by atoms with van der Waals surface area (Å²) in [6, 6.07) is 10.4. The van der Waals surface area contributed by atoms with Crippen molar-refractivity contribution in [3.63, 3.8) is 0 Å². The van der Waals surface area contributed by atoms with E-state index < -0.39 is 0 Å². The average Bonchev–Trinajstić information content (AvgIpc) is 2.90. The molecule has 0 fully saturated rings. The van der Waals surface area contributed by atoms with Gasteiger partial charge in [0.2, 0.25) is 5.88 Å². The lowest BCUT2D eigenvalue weighted by molar-refractivity contribution is 0.251. The van der Waals surface area contributed by atoms with E-state index in [2.05, 4.69) is 10.6 Å². The minimum absolute atomic E-state index is 0.0205. The second-order valence-electron chi connectivity index (χ2n) is 3.76. The lowest BCUT2D eigenvalue weighted by atomic mass is 10.1. The van der Waals surface area contributed by atoms with Crippen molar-refractivity contribution in [1.82, 2.24) is 5.32 Å². The van der Waals surface area contributed by atoms with Gasteiger partial charge in [-0.05, 0) is 17.2 Å². The van der Waals surface area contributed by atoms with Crippen LogP contribution in [0.5, 0.6) is 0 Å². The Kier molecular flexibility index (Phi) is 3.98. The fourth-order valence-electron chi connectivity index (χ4n) is 1.45. The molecular formula is C13H14N2O3. The van der Waals surface area contributed by atoms with Gasteiger partial charge in [0.25, 0.3) is 0 Å². The molecule has 0 atom stereocenters. The third-order valence-electron chi connectivity index (χ3n) is 2.42. The van der Waals surface area contributed by atoms with Crippen LogP contribution >= 0.6 is 0 Å². The van der Waals surface area contributed by atoms with Crippen LogP contribution in [-0.2, 0) is 13.2 Å². The Labute approximate surface area is 104 Å². The van der Waals surface area contributed by atoms with Crippen LogP contribution < -0.4 is 10.6 Å². The summed E-state index contributed by atoms with van der Waals surface area (Å²) in [6.07, 6.45) is 1.49. The summed E-state index contributed by atoms with van der Waals surface area (Å²) in [4.78, 5) is 11.5. The standard InChI is InChI=1S/C13H14N2O3/c16-9-11-5-3-10(4-6-11)8-14-13(17)15-12-2-1-7-18-12/h1-7,16H,8-9H2,(H2,14,15,17). The van der Waals surface area contributed by atoms with Gasteiger partial charge >= 0.3 is 6.03 Å². The molecule has 18 heavy (non-hydrogen) atoms. The molecule has 0 unspecified atom stereocenters. The molecule has 1 aromatic heterocycles. The topological polar surface area (TPSA) is 74.5 Å². The summed E-state index contributed by atoms with van der Waals surface area (Å²) in [5, 5.41) is 14.2. The molecule has 0 saturated heterocycles. The normalized spacial score (nSPS) is 10.1. The monoisotopic (exact) mass is 246 g/mol. The molecule has 2 rings (SSSR count). The van der Waals surface area contributed by atoms with E-state index in [9.17, 15) is 4.79 Å². The molecule has 94 valence electrons. The quantitative estimate of drug-likeness (QED) is 0.773. The number of carbonyl (C=O) groups excluding carboxylic acids is 1. The maximum absolute atomic E-state index is 11.5. The third-order valence-corrected chi connectivity index (χ3v) is 2.42. The van der Waals surface area contributed by atoms with Crippen LogP contribution in [0.4, 0.5) is 10.7 Å². The molecule has 1 heterocycles. The summed E-state index contributed by atoms with van der Waals surface area (Å²) >= 11 is 0. The predicted octanol–water partition coefficient (Wildman–Crippen LogP) is 2.09. The van der Waals surface area contributed by atoms with Gasteiger partial charge in [0.15, 0.2) is 0 Å². The number of furan rings is 1. The fraction of sp³-hybridized carbons (Fsp3) is 0.154. The number of hydrogen-bond donors (Lipinski definition) is 3. The minimum Gasteiger partial charge on any atom is -0.449 e. The van der Waals surface area contributed by atoms with Crippen molar-refractivity contribution in [1.29, 1.82) is 0 Å². The number of anilines is 1. The number of rotatable bonds is 4. The van der Waals surface area contributed by atoms with E-state index in [1.165, 1.54) is 6.26 Å². The molecule has 0 bridgehead atoms. The van der Waals surface area contributed by atoms with Gasteiger partial charge in [0.1, 0.15) is 0 Å². The van der Waals surface area contributed by atoms with Crippen LogP contribution in [0.25, 0.3) is 0 Å². The first kappa shape index (κ1) is 12.2. The SMILES string of the molecule is O=C(NCc1ccc(CO)cc1)Nc1ccco1. The molecule has 0 radical (unpaired) electrons. The molecule has 0 aliphatic rings. The Hall–Kier alpha value is -2.27. The molecule has 0 aliphatic heterocycles. The van der Waals surface area contributed by atoms with E-state index in [0.717, 1.165) is 11.1 Å². The molecule has 0 saturated carbocycles. The lowest BCUT2D eigenvalue weighted by Gasteiger charge is -2.06. The summed E-state index contributed by atoms with van der Waals surface area (Å²) in [7, 11) is 0. The number of urea groups is 1. The molecule has 2 aromatic rings. The first-order chi connectivity index (χ1) is 8.78. The van der Waals surface area contributed by atoms with Gasteiger partial charge in [-0.1, -0.05) is 24.3 Å². The largest absolute Gasteiger partial charge is 0.449 e. The van der Waals surface area contributed by atoms with E-state index in [-0.39, 0.29) is 12.6 Å². The second-order valence-corrected chi connectivity index (χ2v) is 3.76. The zero-order valence-corrected chi connectivity index (χ0v) is 9.72. The zero-order valence-electron chi connectivity index (χ0n) is 9.72. The molecular weight excluding hydrogens is 232 g/mol. The van der Waals surface area contributed by atoms with Crippen molar-refractivity contribution in [2.75, 3.05) is 5.32 Å². The number of nitrogens with one attached hydrogen (secondary N) is 2. The summed E-state index contributed by atoms with van der Waals surface area (Å²) < 4.78 is 4.99. The maximum Gasteiger partial charge on any atom is 0.321 e. The van der Waals surface area contributed by atoms with Crippen LogP contribution in [0.1, 0.15) is 11.1 Å². The van der Waals surface area contributed by atoms with E-state index in [0.29, 0.717) is 12.4 Å². The van der Waals surface area contributed by atoms with Gasteiger partial charge < -0.3 is 14.8 Å². The Balaban J connectivity index is 1.81. The van der Waals surface area contributed by atoms with Gasteiger partial charge in [-0.3, -0.25) is 5.32 Å². The molecule has 0 aliphatic carbocycles. The summed E-state index contributed by atoms with van der Waals surface area (Å²) in [5.41, 5.74) is 1.81. The van der Waals surface area contributed by atoms with E-state index >= 15 is 0 Å². The lowest BCUT2D eigenvalue weighted by Crippen LogP contribution is -2.27. The van der Waals surface area contributed by atoms with E-state index in [1.54, 1.807) is 12.1 Å². The third kappa shape index (κ3) is 3.36. The predicted molar refractivity (Wildman–Crippen MR) is 66.9 cm³/mol. The average molecular weight is 246 g/mol. The number of aliphatic hydroxyl groups excluding tert-OH is 1. The highest BCUT2D eigenvalue weighted by Crippen LogP contribution is 2.07. The van der Waals surface area contributed by atoms with Gasteiger partial charge in [0, 0.05) is 12.6 Å². The van der Waals surface area contributed by atoms with Gasteiger partial charge in [-0.25, -0.2) is 4.79 Å². The van der Waals surface area contributed by atoms with Crippen molar-refractivity contribution in [2.24, 2.45) is 0 Å². The minimum atomic E-state index is -0.323. The molecule has 1 aromatic carbocycles. The summed E-state index contributed by atoms with van der Waals surface area (Å²) in [6.45, 7) is 0.435. The van der Waals surface area contributed by atoms with Crippen molar-refractivity contribution in [3.05, 3.63) is 53.8 Å². The summed E-state index contributed by atoms with van der Waals surface area (Å²) in [5.74, 6) is 0.406. The van der Waals surface area contributed by atoms with Gasteiger partial charge in [0.05, 0.1) is 12.9 Å². The van der Waals surface area contributed by atoms with Crippen LogP contribution in [0.15, 0.2) is 47.1 Å². The number of hydrogen-bond acceptors (Lipinski definition) is 3. The Morgan fingerprint density at radius 1 is 1.17 bits per heavy atom. The van der Waals surface area contributed by atoms with Crippen molar-refractivity contribution in [3.8, 4) is 0 Å². The fourth-order valence-corrected chi connectivity index (χ4v) is 1.45. The molecule has 0 spiro atoms. The highest BCUT2D eigenvalue weighted by molar-refractivity contribution is 5.87. The first-order valence-electron chi connectivity index (χ1n) is 5.55. The number of aliphatic hydroxyl groups is 1. The van der Waals surface area contributed by atoms with Crippen LogP contribution in [-0.4, -0.2) is 11.1 Å². The second kappa shape index (κ2) is 5.88. The highest BCUT2D eigenvalue weighted by atomic mass is 16.3. The molecule has 3 N–H and O–H groups in total. The van der Waals surface area contributed by atoms with Crippen LogP contribution in [0, 0.1) is 0 Å². The van der Waals surface area contributed by atoms with E-state index in [4.69, 9.17) is 9.52 Å². The molecule has 5 heteroatoms. The molecule has 5 nitrogen and oxygen atoms in total. The highest BCUT2D eigenvalue weighted by Gasteiger charge is 2.02. The van der Waals surface area contributed by atoms with Gasteiger partial charge in [-0.2, -0.15) is 0 Å². The Bertz CT molecular complexity index is 491. The maximum atomic E-state index is 11.5. The van der Waals surface area contributed by atoms with Crippen LogP contribution in [0.3, 0.4) is 0 Å². The Morgan fingerprint density at radius 2 is 1.89 bits per heavy atom. The number of benzene rings is 1. The van der Waals surface area contributed by atoms with Crippen LogP contribution in [0.2, 0.25) is 0 Å². The van der Waals surface area contributed by atoms with Gasteiger partial charge in [-0.15, -0.1) is 0 Å². The van der Waals surface area contributed by atoms with Crippen molar-refractivity contribution in [2.45, 2.75) is 13.2 Å².